The zero-order chi connectivity index (χ0) is 13.0. The topological polar surface area (TPSA) is 35.2 Å². The number of benzene rings is 1. The van der Waals surface area contributed by atoms with Crippen molar-refractivity contribution in [2.24, 2.45) is 5.73 Å². The lowest BCUT2D eigenvalue weighted by atomic mass is 10.00. The maximum atomic E-state index is 13.0. The Balaban J connectivity index is 1.81. The molecule has 18 heavy (non-hydrogen) atoms. The summed E-state index contributed by atoms with van der Waals surface area (Å²) in [6.07, 6.45) is 5.22. The van der Waals surface area contributed by atoms with Crippen LogP contribution in [0.2, 0.25) is 0 Å². The zero-order valence-corrected chi connectivity index (χ0v) is 10.4. The second-order valence-corrected chi connectivity index (χ2v) is 4.88. The molecule has 1 aromatic carbocycles. The van der Waals surface area contributed by atoms with Crippen LogP contribution in [0.15, 0.2) is 18.2 Å². The summed E-state index contributed by atoms with van der Waals surface area (Å²) in [4.78, 5) is 0. The lowest BCUT2D eigenvalue weighted by Crippen LogP contribution is -2.12. The van der Waals surface area contributed by atoms with E-state index in [1.54, 1.807) is 0 Å². The number of hydrogen-bond donors (Lipinski definition) is 1. The summed E-state index contributed by atoms with van der Waals surface area (Å²) < 4.78 is 31.6. The molecule has 2 rings (SSSR count). The van der Waals surface area contributed by atoms with Crippen molar-refractivity contribution in [3.05, 3.63) is 35.4 Å². The summed E-state index contributed by atoms with van der Waals surface area (Å²) in [5, 5.41) is 0. The molecule has 2 atom stereocenters. The van der Waals surface area contributed by atoms with Gasteiger partial charge in [-0.3, -0.25) is 0 Å². The highest BCUT2D eigenvalue weighted by atomic mass is 19.1. The van der Waals surface area contributed by atoms with Crippen LogP contribution in [0.3, 0.4) is 0 Å². The van der Waals surface area contributed by atoms with Gasteiger partial charge in [-0.15, -0.1) is 0 Å². The molecular formula is C14H19F2NO. The third-order valence-corrected chi connectivity index (χ3v) is 3.38. The Morgan fingerprint density at radius 1 is 1.28 bits per heavy atom. The van der Waals surface area contributed by atoms with Crippen LogP contribution in [0.25, 0.3) is 0 Å². The third-order valence-electron chi connectivity index (χ3n) is 3.38. The highest BCUT2D eigenvalue weighted by molar-refractivity contribution is 5.20. The van der Waals surface area contributed by atoms with E-state index in [4.69, 9.17) is 10.5 Å². The highest BCUT2D eigenvalue weighted by Crippen LogP contribution is 2.22. The standard InChI is InChI=1S/C14H19F2NO/c15-11-7-10(8-12(16)9-11)14(17)5-1-3-13-4-2-6-18-13/h7-9,13-14H,1-6,17H2. The molecule has 4 heteroatoms. The Labute approximate surface area is 106 Å². The van der Waals surface area contributed by atoms with Gasteiger partial charge in [-0.25, -0.2) is 8.78 Å². The van der Waals surface area contributed by atoms with Gasteiger partial charge in [-0.1, -0.05) is 0 Å². The molecule has 0 radical (unpaired) electrons. The fourth-order valence-electron chi connectivity index (χ4n) is 2.39. The number of hydrogen-bond acceptors (Lipinski definition) is 2. The molecule has 1 aliphatic rings. The molecule has 2 nitrogen and oxygen atoms in total. The van der Waals surface area contributed by atoms with Crippen molar-refractivity contribution in [2.75, 3.05) is 6.61 Å². The lowest BCUT2D eigenvalue weighted by molar-refractivity contribution is 0.101. The molecule has 0 amide bonds. The van der Waals surface area contributed by atoms with E-state index in [1.165, 1.54) is 12.1 Å². The largest absolute Gasteiger partial charge is 0.378 e. The third kappa shape index (κ3) is 3.75. The van der Waals surface area contributed by atoms with Gasteiger partial charge in [0.1, 0.15) is 11.6 Å². The molecule has 1 aliphatic heterocycles. The second-order valence-electron chi connectivity index (χ2n) is 4.88. The van der Waals surface area contributed by atoms with E-state index in [2.05, 4.69) is 0 Å². The van der Waals surface area contributed by atoms with Crippen molar-refractivity contribution >= 4 is 0 Å². The van der Waals surface area contributed by atoms with E-state index < -0.39 is 11.6 Å². The normalized spacial score (nSPS) is 21.2. The fourth-order valence-corrected chi connectivity index (χ4v) is 2.39. The highest BCUT2D eigenvalue weighted by Gasteiger charge is 2.16. The van der Waals surface area contributed by atoms with Crippen LogP contribution in [0.1, 0.15) is 43.7 Å². The number of nitrogens with two attached hydrogens (primary N) is 1. The van der Waals surface area contributed by atoms with Crippen molar-refractivity contribution in [3.8, 4) is 0 Å². The van der Waals surface area contributed by atoms with E-state index in [0.29, 0.717) is 11.7 Å². The van der Waals surface area contributed by atoms with Gasteiger partial charge < -0.3 is 10.5 Å². The van der Waals surface area contributed by atoms with Crippen LogP contribution in [0.4, 0.5) is 8.78 Å². The van der Waals surface area contributed by atoms with Crippen molar-refractivity contribution in [3.63, 3.8) is 0 Å². The van der Waals surface area contributed by atoms with E-state index in [-0.39, 0.29) is 6.04 Å². The molecule has 0 aliphatic carbocycles. The number of rotatable bonds is 5. The average molecular weight is 255 g/mol. The van der Waals surface area contributed by atoms with Crippen molar-refractivity contribution in [1.29, 1.82) is 0 Å². The van der Waals surface area contributed by atoms with Crippen LogP contribution in [-0.2, 0) is 4.74 Å². The first-order valence-corrected chi connectivity index (χ1v) is 6.48. The minimum absolute atomic E-state index is 0.309. The number of halogens is 2. The summed E-state index contributed by atoms with van der Waals surface area (Å²) in [6.45, 7) is 0.853. The van der Waals surface area contributed by atoms with Gasteiger partial charge in [0.2, 0.25) is 0 Å². The number of ether oxygens (including phenoxy) is 1. The van der Waals surface area contributed by atoms with Gasteiger partial charge in [-0.2, -0.15) is 0 Å². The van der Waals surface area contributed by atoms with Crippen LogP contribution < -0.4 is 5.73 Å². The molecule has 0 saturated carbocycles. The van der Waals surface area contributed by atoms with Gasteiger partial charge in [0, 0.05) is 18.7 Å². The Bertz CT molecular complexity index is 371. The molecule has 1 fully saturated rings. The van der Waals surface area contributed by atoms with E-state index in [0.717, 1.165) is 44.8 Å². The van der Waals surface area contributed by atoms with Gasteiger partial charge >= 0.3 is 0 Å². The SMILES string of the molecule is NC(CCCC1CCCO1)c1cc(F)cc(F)c1. The molecule has 100 valence electrons. The van der Waals surface area contributed by atoms with Gasteiger partial charge in [0.15, 0.2) is 0 Å². The van der Waals surface area contributed by atoms with Gasteiger partial charge in [0.05, 0.1) is 6.10 Å². The minimum Gasteiger partial charge on any atom is -0.378 e. The average Bonchev–Trinajstić information content (AvgIpc) is 2.80. The van der Waals surface area contributed by atoms with Gasteiger partial charge in [0.25, 0.3) is 0 Å². The predicted molar refractivity (Wildman–Crippen MR) is 66.1 cm³/mol. The molecule has 0 aromatic heterocycles. The van der Waals surface area contributed by atoms with Crippen LogP contribution in [0, 0.1) is 11.6 Å². The summed E-state index contributed by atoms with van der Waals surface area (Å²) in [6, 6.07) is 3.17. The molecule has 1 heterocycles. The summed E-state index contributed by atoms with van der Waals surface area (Å²) in [7, 11) is 0. The minimum atomic E-state index is -0.570. The molecular weight excluding hydrogens is 236 g/mol. The van der Waals surface area contributed by atoms with Crippen molar-refractivity contribution in [2.45, 2.75) is 44.2 Å². The first-order chi connectivity index (χ1) is 8.65. The molecule has 2 unspecified atom stereocenters. The van der Waals surface area contributed by atoms with E-state index >= 15 is 0 Å². The summed E-state index contributed by atoms with van der Waals surface area (Å²) >= 11 is 0. The molecule has 0 spiro atoms. The maximum absolute atomic E-state index is 13.0. The summed E-state index contributed by atoms with van der Waals surface area (Å²) in [5.74, 6) is -1.14. The van der Waals surface area contributed by atoms with Crippen LogP contribution >= 0.6 is 0 Å². The molecule has 0 bridgehead atoms. The van der Waals surface area contributed by atoms with Crippen molar-refractivity contribution < 1.29 is 13.5 Å². The van der Waals surface area contributed by atoms with E-state index in [9.17, 15) is 8.78 Å². The Morgan fingerprint density at radius 3 is 2.61 bits per heavy atom. The Hall–Kier alpha value is -1.00. The zero-order valence-electron chi connectivity index (χ0n) is 10.4. The van der Waals surface area contributed by atoms with E-state index in [1.807, 2.05) is 0 Å². The Kier molecular flexibility index (Phi) is 4.66. The summed E-state index contributed by atoms with van der Waals surface area (Å²) in [5.41, 5.74) is 6.47. The second kappa shape index (κ2) is 6.25. The van der Waals surface area contributed by atoms with Gasteiger partial charge in [-0.05, 0) is 49.8 Å². The first kappa shape index (κ1) is 13.4. The lowest BCUT2D eigenvalue weighted by Gasteiger charge is -2.14. The Morgan fingerprint density at radius 2 is 2.00 bits per heavy atom. The van der Waals surface area contributed by atoms with Crippen LogP contribution in [-0.4, -0.2) is 12.7 Å². The van der Waals surface area contributed by atoms with Crippen molar-refractivity contribution in [1.82, 2.24) is 0 Å². The smallest absolute Gasteiger partial charge is 0.126 e. The van der Waals surface area contributed by atoms with Crippen LogP contribution in [0.5, 0.6) is 0 Å². The quantitative estimate of drug-likeness (QED) is 0.876. The molecule has 2 N–H and O–H groups in total. The monoisotopic (exact) mass is 255 g/mol. The maximum Gasteiger partial charge on any atom is 0.126 e. The first-order valence-electron chi connectivity index (χ1n) is 6.48. The molecule has 1 aromatic rings. The molecule has 1 saturated heterocycles. The fraction of sp³-hybridized carbons (Fsp3) is 0.571. The predicted octanol–water partition coefficient (Wildman–Crippen LogP) is 3.31.